The minimum absolute atomic E-state index is 0.292. The Labute approximate surface area is 133 Å². The predicted octanol–water partition coefficient (Wildman–Crippen LogP) is 3.95. The van der Waals surface area contributed by atoms with E-state index in [1.807, 2.05) is 24.3 Å². The third-order valence-corrected chi connectivity index (χ3v) is 3.64. The highest BCUT2D eigenvalue weighted by Gasteiger charge is 2.06. The molecular formula is C16H14Cl2N2O. The minimum atomic E-state index is 0.292. The lowest BCUT2D eigenvalue weighted by molar-refractivity contribution is 0.306. The van der Waals surface area contributed by atoms with E-state index in [0.29, 0.717) is 34.5 Å². The highest BCUT2D eigenvalue weighted by Crippen LogP contribution is 2.27. The Morgan fingerprint density at radius 1 is 1.10 bits per heavy atom. The van der Waals surface area contributed by atoms with E-state index < -0.39 is 0 Å². The van der Waals surface area contributed by atoms with Crippen LogP contribution in [0.25, 0.3) is 0 Å². The van der Waals surface area contributed by atoms with Gasteiger partial charge in [0.25, 0.3) is 0 Å². The molecule has 0 saturated heterocycles. The highest BCUT2D eigenvalue weighted by atomic mass is 35.5. The molecule has 0 saturated carbocycles. The third kappa shape index (κ3) is 4.12. The van der Waals surface area contributed by atoms with E-state index in [1.165, 1.54) is 0 Å². The van der Waals surface area contributed by atoms with Gasteiger partial charge in [-0.15, -0.1) is 0 Å². The molecule has 2 aromatic carbocycles. The molecule has 0 bridgehead atoms. The number of nitrogens with two attached hydrogens (primary N) is 1. The van der Waals surface area contributed by atoms with Crippen molar-refractivity contribution in [1.82, 2.24) is 0 Å². The summed E-state index contributed by atoms with van der Waals surface area (Å²) in [6, 6.07) is 12.8. The Kier molecular flexibility index (Phi) is 5.46. The lowest BCUT2D eigenvalue weighted by atomic mass is 10.1. The van der Waals surface area contributed by atoms with Gasteiger partial charge in [-0.1, -0.05) is 35.3 Å². The van der Waals surface area contributed by atoms with Crippen LogP contribution in [0.4, 0.5) is 0 Å². The molecule has 0 amide bonds. The molecule has 0 spiro atoms. The Hall–Kier alpha value is -1.73. The summed E-state index contributed by atoms with van der Waals surface area (Å²) in [7, 11) is 0. The van der Waals surface area contributed by atoms with Gasteiger partial charge in [-0.2, -0.15) is 5.26 Å². The van der Waals surface area contributed by atoms with Crippen molar-refractivity contribution >= 4 is 23.2 Å². The highest BCUT2D eigenvalue weighted by molar-refractivity contribution is 6.32. The second kappa shape index (κ2) is 7.33. The number of rotatable bonds is 5. The van der Waals surface area contributed by atoms with Gasteiger partial charge in [0.2, 0.25) is 0 Å². The molecule has 0 aliphatic heterocycles. The second-order valence-electron chi connectivity index (χ2n) is 4.51. The molecule has 5 heteroatoms. The van der Waals surface area contributed by atoms with E-state index in [2.05, 4.69) is 0 Å². The van der Waals surface area contributed by atoms with Gasteiger partial charge < -0.3 is 10.5 Å². The third-order valence-electron chi connectivity index (χ3n) is 2.99. The molecule has 3 nitrogen and oxygen atoms in total. The van der Waals surface area contributed by atoms with Crippen LogP contribution >= 0.6 is 23.2 Å². The van der Waals surface area contributed by atoms with Gasteiger partial charge in [0.05, 0.1) is 16.7 Å². The summed E-state index contributed by atoms with van der Waals surface area (Å²) < 4.78 is 5.68. The van der Waals surface area contributed by atoms with Crippen molar-refractivity contribution in [3.8, 4) is 11.8 Å². The monoisotopic (exact) mass is 320 g/mol. The maximum Gasteiger partial charge on any atom is 0.138 e. The number of nitrogens with zero attached hydrogens (tertiary/aromatic N) is 1. The number of benzene rings is 2. The fourth-order valence-electron chi connectivity index (χ4n) is 1.87. The molecule has 0 aliphatic carbocycles. The molecule has 0 aromatic heterocycles. The fraction of sp³-hybridized carbons (Fsp3) is 0.188. The summed E-state index contributed by atoms with van der Waals surface area (Å²) in [4.78, 5) is 0. The van der Waals surface area contributed by atoms with Crippen LogP contribution < -0.4 is 10.5 Å². The molecule has 108 valence electrons. The van der Waals surface area contributed by atoms with Crippen LogP contribution in [0, 0.1) is 11.3 Å². The number of hydrogen-bond donors (Lipinski definition) is 1. The summed E-state index contributed by atoms with van der Waals surface area (Å²) in [6.45, 7) is 0.873. The van der Waals surface area contributed by atoms with Crippen LogP contribution in [0.5, 0.6) is 5.75 Å². The zero-order chi connectivity index (χ0) is 15.2. The zero-order valence-electron chi connectivity index (χ0n) is 11.3. The van der Waals surface area contributed by atoms with Crippen molar-refractivity contribution in [2.45, 2.75) is 13.0 Å². The first-order chi connectivity index (χ1) is 10.1. The van der Waals surface area contributed by atoms with Crippen molar-refractivity contribution in [1.29, 1.82) is 5.26 Å². The van der Waals surface area contributed by atoms with Gasteiger partial charge in [0, 0.05) is 10.6 Å². The van der Waals surface area contributed by atoms with Gasteiger partial charge in [-0.25, -0.2) is 0 Å². The molecule has 0 fully saturated rings. The van der Waals surface area contributed by atoms with Gasteiger partial charge >= 0.3 is 0 Å². The largest absolute Gasteiger partial charge is 0.487 e. The Morgan fingerprint density at radius 2 is 1.90 bits per heavy atom. The molecule has 0 radical (unpaired) electrons. The van der Waals surface area contributed by atoms with Crippen LogP contribution in [0.1, 0.15) is 16.7 Å². The average Bonchev–Trinajstić information content (AvgIpc) is 2.48. The van der Waals surface area contributed by atoms with Crippen molar-refractivity contribution in [2.24, 2.45) is 5.73 Å². The molecule has 21 heavy (non-hydrogen) atoms. The van der Waals surface area contributed by atoms with E-state index in [0.717, 1.165) is 17.5 Å². The van der Waals surface area contributed by atoms with E-state index in [-0.39, 0.29) is 0 Å². The lowest BCUT2D eigenvalue weighted by Crippen LogP contribution is -2.03. The fourth-order valence-corrected chi connectivity index (χ4v) is 2.37. The molecule has 2 N–H and O–H groups in total. The maximum atomic E-state index is 8.80. The molecule has 0 aliphatic rings. The van der Waals surface area contributed by atoms with Crippen LogP contribution in [-0.2, 0) is 13.0 Å². The molecule has 2 rings (SSSR count). The molecular weight excluding hydrogens is 307 g/mol. The predicted molar refractivity (Wildman–Crippen MR) is 84.7 cm³/mol. The van der Waals surface area contributed by atoms with Crippen molar-refractivity contribution in [3.63, 3.8) is 0 Å². The van der Waals surface area contributed by atoms with Gasteiger partial charge in [-0.05, 0) is 42.8 Å². The molecule has 0 heterocycles. The molecule has 0 atom stereocenters. The summed E-state index contributed by atoms with van der Waals surface area (Å²) in [6.07, 6.45) is 0.779. The van der Waals surface area contributed by atoms with Gasteiger partial charge in [0.1, 0.15) is 12.4 Å². The number of hydrogen-bond acceptors (Lipinski definition) is 3. The van der Waals surface area contributed by atoms with E-state index >= 15 is 0 Å². The smallest absolute Gasteiger partial charge is 0.138 e. The topological polar surface area (TPSA) is 59.0 Å². The van der Waals surface area contributed by atoms with Gasteiger partial charge in [0.15, 0.2) is 0 Å². The van der Waals surface area contributed by atoms with E-state index in [9.17, 15) is 0 Å². The Bertz CT molecular complexity index is 680. The first-order valence-corrected chi connectivity index (χ1v) is 7.19. The average molecular weight is 321 g/mol. The molecule has 2 aromatic rings. The SMILES string of the molecule is N#Cc1ccc(COc2ccc(CCN)cc2Cl)c(Cl)c1. The van der Waals surface area contributed by atoms with E-state index in [4.69, 9.17) is 38.9 Å². The van der Waals surface area contributed by atoms with Crippen molar-refractivity contribution in [2.75, 3.05) is 6.54 Å². The molecule has 0 unspecified atom stereocenters. The Morgan fingerprint density at radius 3 is 2.52 bits per heavy atom. The minimum Gasteiger partial charge on any atom is -0.487 e. The lowest BCUT2D eigenvalue weighted by Gasteiger charge is -2.10. The number of ether oxygens (including phenoxy) is 1. The van der Waals surface area contributed by atoms with Crippen molar-refractivity contribution in [3.05, 3.63) is 63.1 Å². The van der Waals surface area contributed by atoms with E-state index in [1.54, 1.807) is 18.2 Å². The quantitative estimate of drug-likeness (QED) is 0.907. The van der Waals surface area contributed by atoms with Crippen LogP contribution in [0.15, 0.2) is 36.4 Å². The number of nitriles is 1. The summed E-state index contributed by atoms with van der Waals surface area (Å²) in [5.74, 6) is 0.595. The van der Waals surface area contributed by atoms with Gasteiger partial charge in [-0.3, -0.25) is 0 Å². The zero-order valence-corrected chi connectivity index (χ0v) is 12.8. The maximum absolute atomic E-state index is 8.80. The second-order valence-corrected chi connectivity index (χ2v) is 5.32. The van der Waals surface area contributed by atoms with Crippen LogP contribution in [0.3, 0.4) is 0 Å². The van der Waals surface area contributed by atoms with Crippen molar-refractivity contribution < 1.29 is 4.74 Å². The number of halogens is 2. The first kappa shape index (κ1) is 15.7. The summed E-state index contributed by atoms with van der Waals surface area (Å²) in [5, 5.41) is 9.85. The first-order valence-electron chi connectivity index (χ1n) is 6.44. The van der Waals surface area contributed by atoms with Crippen LogP contribution in [-0.4, -0.2) is 6.54 Å². The Balaban J connectivity index is 2.08. The standard InChI is InChI=1S/C16H14Cl2N2O/c17-14-8-12(9-20)1-3-13(14)10-21-16-4-2-11(5-6-19)7-15(16)18/h1-4,7-8H,5-6,10,19H2. The normalized spacial score (nSPS) is 10.2. The van der Waals surface area contributed by atoms with Crippen LogP contribution in [0.2, 0.25) is 10.0 Å². The summed E-state index contributed by atoms with van der Waals surface area (Å²) >= 11 is 12.3. The summed E-state index contributed by atoms with van der Waals surface area (Å²) in [5.41, 5.74) is 7.91.